The molecule has 1 atom stereocenters. The van der Waals surface area contributed by atoms with Crippen LogP contribution in [0.3, 0.4) is 0 Å². The van der Waals surface area contributed by atoms with Gasteiger partial charge >= 0.3 is 0 Å². The zero-order chi connectivity index (χ0) is 15.3. The van der Waals surface area contributed by atoms with Gasteiger partial charge in [-0.1, -0.05) is 0 Å². The Balaban J connectivity index is 3.20. The van der Waals surface area contributed by atoms with Crippen molar-refractivity contribution in [3.05, 3.63) is 12.1 Å². The quantitative estimate of drug-likeness (QED) is 0.716. The highest BCUT2D eigenvalue weighted by Crippen LogP contribution is 2.33. The Morgan fingerprint density at radius 1 is 1.20 bits per heavy atom. The van der Waals surface area contributed by atoms with Crippen LogP contribution in [0, 0.1) is 0 Å². The monoisotopic (exact) mass is 304 g/mol. The van der Waals surface area contributed by atoms with E-state index in [0.717, 1.165) is 0 Å². The Labute approximate surface area is 119 Å². The minimum absolute atomic E-state index is 0.0405. The molecule has 0 radical (unpaired) electrons. The lowest BCUT2D eigenvalue weighted by Crippen LogP contribution is -2.35. The molecule has 0 fully saturated rings. The van der Waals surface area contributed by atoms with Crippen LogP contribution in [0.5, 0.6) is 11.5 Å². The van der Waals surface area contributed by atoms with Gasteiger partial charge in [-0.25, -0.2) is 13.1 Å². The zero-order valence-corrected chi connectivity index (χ0v) is 12.8. The molecule has 0 aliphatic heterocycles. The van der Waals surface area contributed by atoms with E-state index in [1.54, 1.807) is 6.92 Å². The molecule has 0 spiro atoms. The Morgan fingerprint density at radius 3 is 2.30 bits per heavy atom. The molecule has 114 valence electrons. The fourth-order valence-electron chi connectivity index (χ4n) is 1.72. The summed E-state index contributed by atoms with van der Waals surface area (Å²) >= 11 is 0. The first-order chi connectivity index (χ1) is 9.35. The molecule has 0 aliphatic rings. The summed E-state index contributed by atoms with van der Waals surface area (Å²) in [6.45, 7) is 1.95. The van der Waals surface area contributed by atoms with Gasteiger partial charge in [0.25, 0.3) is 0 Å². The number of nitrogens with one attached hydrogen (secondary N) is 1. The summed E-state index contributed by atoms with van der Waals surface area (Å²) in [7, 11) is 0.554. The normalized spacial score (nSPS) is 13.0. The fourth-order valence-corrected chi connectivity index (χ4v) is 3.13. The molecule has 0 aromatic heterocycles. The summed E-state index contributed by atoms with van der Waals surface area (Å²) in [6.07, 6.45) is 0. The molecule has 0 amide bonds. The van der Waals surface area contributed by atoms with Crippen molar-refractivity contribution < 1.29 is 22.6 Å². The summed E-state index contributed by atoms with van der Waals surface area (Å²) in [5.41, 5.74) is 5.96. The Kier molecular flexibility index (Phi) is 5.61. The fraction of sp³-hybridized carbons (Fsp3) is 0.500. The van der Waals surface area contributed by atoms with Gasteiger partial charge in [-0.3, -0.25) is 0 Å². The first kappa shape index (κ1) is 16.5. The van der Waals surface area contributed by atoms with Crippen molar-refractivity contribution in [2.75, 3.05) is 33.7 Å². The minimum atomic E-state index is -3.76. The SMILES string of the molecule is COCC(C)NS(=O)(=O)c1cc(N)c(OC)cc1OC. The summed E-state index contributed by atoms with van der Waals surface area (Å²) in [5, 5.41) is 0. The third kappa shape index (κ3) is 3.75. The van der Waals surface area contributed by atoms with Gasteiger partial charge in [-0.15, -0.1) is 0 Å². The number of nitrogens with two attached hydrogens (primary N) is 1. The maximum Gasteiger partial charge on any atom is 0.244 e. The van der Waals surface area contributed by atoms with E-state index >= 15 is 0 Å². The van der Waals surface area contributed by atoms with Crippen LogP contribution in [0.25, 0.3) is 0 Å². The topological polar surface area (TPSA) is 99.9 Å². The number of anilines is 1. The van der Waals surface area contributed by atoms with E-state index in [-0.39, 0.29) is 29.0 Å². The maximum absolute atomic E-state index is 12.3. The lowest BCUT2D eigenvalue weighted by atomic mass is 10.3. The van der Waals surface area contributed by atoms with E-state index in [0.29, 0.717) is 5.75 Å². The lowest BCUT2D eigenvalue weighted by molar-refractivity contribution is 0.180. The second-order valence-corrected chi connectivity index (χ2v) is 5.91. The largest absolute Gasteiger partial charge is 0.495 e. The lowest BCUT2D eigenvalue weighted by Gasteiger charge is -2.16. The standard InChI is InChI=1S/C12H20N2O5S/c1-8(7-17-2)14-20(15,16)12-5-9(13)10(18-3)6-11(12)19-4/h5-6,8,14H,7,13H2,1-4H3. The van der Waals surface area contributed by atoms with Crippen molar-refractivity contribution in [3.8, 4) is 11.5 Å². The number of nitrogen functional groups attached to an aromatic ring is 1. The average Bonchev–Trinajstić information content (AvgIpc) is 2.38. The highest BCUT2D eigenvalue weighted by atomic mass is 32.2. The number of hydrogen-bond acceptors (Lipinski definition) is 6. The van der Waals surface area contributed by atoms with Crippen LogP contribution in [-0.4, -0.2) is 42.4 Å². The second-order valence-electron chi connectivity index (χ2n) is 4.22. The predicted octanol–water partition coefficient (Wildman–Crippen LogP) is 0.599. The molecule has 7 nitrogen and oxygen atoms in total. The number of hydrogen-bond donors (Lipinski definition) is 2. The first-order valence-electron chi connectivity index (χ1n) is 5.88. The van der Waals surface area contributed by atoms with Crippen LogP contribution in [0.2, 0.25) is 0 Å². The van der Waals surface area contributed by atoms with E-state index in [4.69, 9.17) is 19.9 Å². The summed E-state index contributed by atoms with van der Waals surface area (Å²) in [5.74, 6) is 0.513. The Morgan fingerprint density at radius 2 is 1.80 bits per heavy atom. The van der Waals surface area contributed by atoms with Gasteiger partial charge in [-0.2, -0.15) is 0 Å². The molecular weight excluding hydrogens is 284 g/mol. The molecule has 0 saturated heterocycles. The summed E-state index contributed by atoms with van der Waals surface area (Å²) in [4.78, 5) is -0.0405. The van der Waals surface area contributed by atoms with Gasteiger partial charge < -0.3 is 19.9 Å². The van der Waals surface area contributed by atoms with Gasteiger partial charge in [0.1, 0.15) is 16.4 Å². The maximum atomic E-state index is 12.3. The Bertz CT molecular complexity index is 559. The van der Waals surface area contributed by atoms with Crippen molar-refractivity contribution in [1.29, 1.82) is 0 Å². The molecule has 1 aromatic rings. The molecule has 0 heterocycles. The van der Waals surface area contributed by atoms with E-state index < -0.39 is 10.0 Å². The average molecular weight is 304 g/mol. The third-order valence-electron chi connectivity index (χ3n) is 2.58. The van der Waals surface area contributed by atoms with Crippen LogP contribution in [0.1, 0.15) is 6.92 Å². The molecule has 0 bridgehead atoms. The minimum Gasteiger partial charge on any atom is -0.495 e. The second kappa shape index (κ2) is 6.78. The molecule has 1 rings (SSSR count). The third-order valence-corrected chi connectivity index (χ3v) is 4.19. The number of sulfonamides is 1. The van der Waals surface area contributed by atoms with Crippen LogP contribution < -0.4 is 19.9 Å². The van der Waals surface area contributed by atoms with Crippen molar-refractivity contribution in [1.82, 2.24) is 4.72 Å². The zero-order valence-electron chi connectivity index (χ0n) is 12.0. The van der Waals surface area contributed by atoms with Crippen molar-refractivity contribution in [2.24, 2.45) is 0 Å². The number of ether oxygens (including phenoxy) is 3. The van der Waals surface area contributed by atoms with E-state index in [2.05, 4.69) is 4.72 Å². The highest BCUT2D eigenvalue weighted by Gasteiger charge is 2.23. The molecule has 8 heteroatoms. The van der Waals surface area contributed by atoms with Crippen molar-refractivity contribution in [3.63, 3.8) is 0 Å². The molecule has 1 unspecified atom stereocenters. The summed E-state index contributed by atoms with van der Waals surface area (Å²) in [6, 6.07) is 2.36. The highest BCUT2D eigenvalue weighted by molar-refractivity contribution is 7.89. The molecule has 3 N–H and O–H groups in total. The molecule has 0 aliphatic carbocycles. The van der Waals surface area contributed by atoms with Crippen LogP contribution in [-0.2, 0) is 14.8 Å². The molecular formula is C12H20N2O5S. The summed E-state index contributed by atoms with van der Waals surface area (Å²) < 4.78 is 42.1. The van der Waals surface area contributed by atoms with Crippen molar-refractivity contribution in [2.45, 2.75) is 17.9 Å². The van der Waals surface area contributed by atoms with Gasteiger partial charge in [0.15, 0.2) is 0 Å². The van der Waals surface area contributed by atoms with Gasteiger partial charge in [0.05, 0.1) is 26.5 Å². The number of benzene rings is 1. The molecule has 20 heavy (non-hydrogen) atoms. The number of rotatable bonds is 7. The first-order valence-corrected chi connectivity index (χ1v) is 7.36. The van der Waals surface area contributed by atoms with Gasteiger partial charge in [0, 0.05) is 19.2 Å². The van der Waals surface area contributed by atoms with Crippen LogP contribution in [0.4, 0.5) is 5.69 Å². The van der Waals surface area contributed by atoms with Crippen LogP contribution in [0.15, 0.2) is 17.0 Å². The van der Waals surface area contributed by atoms with E-state index in [1.807, 2.05) is 0 Å². The van der Waals surface area contributed by atoms with E-state index in [1.165, 1.54) is 33.5 Å². The smallest absolute Gasteiger partial charge is 0.244 e. The molecule has 0 saturated carbocycles. The number of methoxy groups -OCH3 is 3. The van der Waals surface area contributed by atoms with Crippen molar-refractivity contribution >= 4 is 15.7 Å². The Hall–Kier alpha value is -1.51. The van der Waals surface area contributed by atoms with E-state index in [9.17, 15) is 8.42 Å². The van der Waals surface area contributed by atoms with Gasteiger partial charge in [-0.05, 0) is 13.0 Å². The van der Waals surface area contributed by atoms with Crippen LogP contribution >= 0.6 is 0 Å². The predicted molar refractivity (Wildman–Crippen MR) is 75.6 cm³/mol. The van der Waals surface area contributed by atoms with Gasteiger partial charge in [0.2, 0.25) is 10.0 Å². The molecule has 1 aromatic carbocycles.